The van der Waals surface area contributed by atoms with Gasteiger partial charge < -0.3 is 4.98 Å². The van der Waals surface area contributed by atoms with E-state index in [0.717, 1.165) is 16.6 Å². The Kier molecular flexibility index (Phi) is 3.59. The molecule has 24 heavy (non-hydrogen) atoms. The molecule has 118 valence electrons. The molecule has 5 nitrogen and oxygen atoms in total. The van der Waals surface area contributed by atoms with Crippen molar-refractivity contribution in [3.8, 4) is 5.69 Å². The second-order valence-electron chi connectivity index (χ2n) is 5.41. The number of carbonyl (C=O) groups excluding carboxylic acids is 1. The summed E-state index contributed by atoms with van der Waals surface area (Å²) in [5.74, 6) is -0.280. The van der Waals surface area contributed by atoms with E-state index in [2.05, 4.69) is 21.0 Å². The van der Waals surface area contributed by atoms with Crippen molar-refractivity contribution in [1.82, 2.24) is 14.5 Å². The zero-order chi connectivity index (χ0) is 16.5. The molecule has 3 heterocycles. The van der Waals surface area contributed by atoms with Crippen molar-refractivity contribution in [2.24, 2.45) is 4.99 Å². The predicted molar refractivity (Wildman–Crippen MR) is 94.4 cm³/mol. The first-order valence-electron chi connectivity index (χ1n) is 7.47. The molecule has 1 N–H and O–H groups in total. The van der Waals surface area contributed by atoms with Gasteiger partial charge in [-0.3, -0.25) is 9.36 Å². The van der Waals surface area contributed by atoms with E-state index >= 15 is 0 Å². The van der Waals surface area contributed by atoms with Gasteiger partial charge in [0, 0.05) is 35.0 Å². The molecule has 1 amide bonds. The van der Waals surface area contributed by atoms with Crippen molar-refractivity contribution >= 4 is 28.3 Å². The molecular weight excluding hydrogens is 320 g/mol. The van der Waals surface area contributed by atoms with Gasteiger partial charge in [0.15, 0.2) is 4.80 Å². The van der Waals surface area contributed by atoms with Crippen LogP contribution >= 0.6 is 11.3 Å². The lowest BCUT2D eigenvalue weighted by molar-refractivity contribution is 0.0999. The Morgan fingerprint density at radius 1 is 1.29 bits per heavy atom. The van der Waals surface area contributed by atoms with E-state index in [0.29, 0.717) is 16.0 Å². The summed E-state index contributed by atoms with van der Waals surface area (Å²) in [6, 6.07) is 11.8. The second-order valence-corrected chi connectivity index (χ2v) is 6.29. The number of benzene rings is 1. The summed E-state index contributed by atoms with van der Waals surface area (Å²) in [5.41, 5.74) is 3.37. The van der Waals surface area contributed by atoms with Crippen LogP contribution < -0.4 is 4.80 Å². The molecule has 6 heteroatoms. The van der Waals surface area contributed by atoms with E-state index < -0.39 is 0 Å². The molecule has 0 fully saturated rings. The van der Waals surface area contributed by atoms with E-state index in [1.165, 1.54) is 11.3 Å². The van der Waals surface area contributed by atoms with Crippen LogP contribution in [0.4, 0.5) is 0 Å². The quantitative estimate of drug-likeness (QED) is 0.610. The number of carbonyl (C=O) groups is 1. The van der Waals surface area contributed by atoms with Crippen LogP contribution in [0.5, 0.6) is 0 Å². The van der Waals surface area contributed by atoms with E-state index in [9.17, 15) is 4.79 Å². The summed E-state index contributed by atoms with van der Waals surface area (Å²) in [7, 11) is 0. The zero-order valence-corrected chi connectivity index (χ0v) is 13.7. The fourth-order valence-corrected chi connectivity index (χ4v) is 3.33. The molecule has 0 unspecified atom stereocenters. The highest BCUT2D eigenvalue weighted by atomic mass is 32.1. The molecule has 0 atom stereocenters. The summed E-state index contributed by atoms with van der Waals surface area (Å²) in [6.07, 6.45) is 5.27. The predicted octanol–water partition coefficient (Wildman–Crippen LogP) is 3.46. The van der Waals surface area contributed by atoms with Gasteiger partial charge in [0.05, 0.1) is 5.56 Å². The number of H-pyrrole nitrogens is 1. The normalized spacial score (nSPS) is 12.0. The van der Waals surface area contributed by atoms with Crippen molar-refractivity contribution in [3.63, 3.8) is 0 Å². The third-order valence-electron chi connectivity index (χ3n) is 3.75. The Labute approximate surface area is 142 Å². The van der Waals surface area contributed by atoms with Gasteiger partial charge in [0.25, 0.3) is 5.91 Å². The van der Waals surface area contributed by atoms with Crippen LogP contribution in [-0.2, 0) is 0 Å². The summed E-state index contributed by atoms with van der Waals surface area (Å²) >= 11 is 1.43. The van der Waals surface area contributed by atoms with Crippen molar-refractivity contribution in [2.75, 3.05) is 0 Å². The number of aryl methyl sites for hydroxylation is 1. The summed E-state index contributed by atoms with van der Waals surface area (Å²) in [4.78, 5) is 24.8. The van der Waals surface area contributed by atoms with E-state index in [4.69, 9.17) is 0 Å². The van der Waals surface area contributed by atoms with Crippen LogP contribution in [0, 0.1) is 6.92 Å². The Morgan fingerprint density at radius 3 is 3.08 bits per heavy atom. The van der Waals surface area contributed by atoms with Crippen LogP contribution in [0.1, 0.15) is 15.9 Å². The maximum Gasteiger partial charge on any atom is 0.281 e. The largest absolute Gasteiger partial charge is 0.345 e. The zero-order valence-electron chi connectivity index (χ0n) is 12.9. The maximum absolute atomic E-state index is 12.6. The van der Waals surface area contributed by atoms with Crippen LogP contribution in [0.25, 0.3) is 16.7 Å². The molecule has 0 spiro atoms. The molecular formula is C18H14N4OS. The minimum Gasteiger partial charge on any atom is -0.345 e. The molecule has 0 saturated carbocycles. The monoisotopic (exact) mass is 334 g/mol. The third kappa shape index (κ3) is 2.57. The molecule has 0 aliphatic carbocycles. The topological polar surface area (TPSA) is 63.0 Å². The number of hydrogen-bond acceptors (Lipinski definition) is 3. The maximum atomic E-state index is 12.6. The van der Waals surface area contributed by atoms with Gasteiger partial charge in [-0.2, -0.15) is 4.99 Å². The average Bonchev–Trinajstić information content (AvgIpc) is 3.21. The van der Waals surface area contributed by atoms with Crippen molar-refractivity contribution in [1.29, 1.82) is 0 Å². The lowest BCUT2D eigenvalue weighted by Crippen LogP contribution is -2.14. The Balaban J connectivity index is 1.80. The van der Waals surface area contributed by atoms with Crippen LogP contribution in [0.3, 0.4) is 0 Å². The number of amides is 1. The SMILES string of the molecule is Cc1cccc(-n2ccsc2=NC(=O)c2c[nH]c3ncccc23)c1. The minimum absolute atomic E-state index is 0.280. The Morgan fingerprint density at radius 2 is 2.21 bits per heavy atom. The first-order valence-corrected chi connectivity index (χ1v) is 8.35. The Bertz CT molecular complexity index is 1100. The fourth-order valence-electron chi connectivity index (χ4n) is 2.61. The van der Waals surface area contributed by atoms with Gasteiger partial charge >= 0.3 is 0 Å². The van der Waals surface area contributed by atoms with Crippen LogP contribution in [-0.4, -0.2) is 20.4 Å². The minimum atomic E-state index is -0.280. The second kappa shape index (κ2) is 5.90. The molecule has 3 aromatic heterocycles. The highest BCUT2D eigenvalue weighted by Gasteiger charge is 2.12. The average molecular weight is 334 g/mol. The third-order valence-corrected chi connectivity index (χ3v) is 4.50. The highest BCUT2D eigenvalue weighted by Crippen LogP contribution is 2.16. The van der Waals surface area contributed by atoms with Crippen molar-refractivity contribution in [3.05, 3.63) is 76.3 Å². The molecule has 0 aliphatic heterocycles. The van der Waals surface area contributed by atoms with Crippen molar-refractivity contribution in [2.45, 2.75) is 6.92 Å². The summed E-state index contributed by atoms with van der Waals surface area (Å²) in [6.45, 7) is 2.04. The van der Waals surface area contributed by atoms with E-state index in [1.807, 2.05) is 53.4 Å². The molecule has 0 bridgehead atoms. The number of nitrogens with zero attached hydrogens (tertiary/aromatic N) is 3. The number of thiazole rings is 1. The number of rotatable bonds is 2. The first kappa shape index (κ1) is 14.6. The van der Waals surface area contributed by atoms with Gasteiger partial charge in [0.1, 0.15) is 5.65 Å². The number of fused-ring (bicyclic) bond motifs is 1. The number of nitrogens with one attached hydrogen (secondary N) is 1. The molecule has 0 aliphatic rings. The van der Waals surface area contributed by atoms with Gasteiger partial charge in [-0.25, -0.2) is 4.98 Å². The highest BCUT2D eigenvalue weighted by molar-refractivity contribution is 7.07. The summed E-state index contributed by atoms with van der Waals surface area (Å²) < 4.78 is 1.92. The number of aromatic nitrogens is 3. The van der Waals surface area contributed by atoms with Crippen molar-refractivity contribution < 1.29 is 4.79 Å². The van der Waals surface area contributed by atoms with E-state index in [-0.39, 0.29) is 5.91 Å². The van der Waals surface area contributed by atoms with Crippen LogP contribution in [0.2, 0.25) is 0 Å². The fraction of sp³-hybridized carbons (Fsp3) is 0.0556. The number of hydrogen-bond donors (Lipinski definition) is 1. The van der Waals surface area contributed by atoms with E-state index in [1.54, 1.807) is 12.4 Å². The lowest BCUT2D eigenvalue weighted by atomic mass is 10.2. The molecule has 4 aromatic rings. The molecule has 4 rings (SSSR count). The smallest absolute Gasteiger partial charge is 0.281 e. The Hall–Kier alpha value is -2.99. The number of aromatic amines is 1. The van der Waals surface area contributed by atoms with Gasteiger partial charge in [-0.05, 0) is 36.8 Å². The lowest BCUT2D eigenvalue weighted by Gasteiger charge is -2.03. The molecule has 0 saturated heterocycles. The molecule has 0 radical (unpaired) electrons. The number of pyridine rings is 1. The standard InChI is InChI=1S/C18H14N4OS/c1-12-4-2-5-13(10-12)22-8-9-24-18(22)21-17(23)15-11-20-16-14(15)6-3-7-19-16/h2-11H,1H3,(H,19,20). The summed E-state index contributed by atoms with van der Waals surface area (Å²) in [5, 5.41) is 2.70. The van der Waals surface area contributed by atoms with Gasteiger partial charge in [0.2, 0.25) is 0 Å². The molecule has 1 aromatic carbocycles. The first-order chi connectivity index (χ1) is 11.7. The van der Waals surface area contributed by atoms with Crippen LogP contribution in [0.15, 0.2) is 65.4 Å². The van der Waals surface area contributed by atoms with Gasteiger partial charge in [-0.15, -0.1) is 11.3 Å². The van der Waals surface area contributed by atoms with Gasteiger partial charge in [-0.1, -0.05) is 12.1 Å².